The topological polar surface area (TPSA) is 92.7 Å². The number of methoxy groups -OCH3 is 1. The Balaban J connectivity index is 1.56. The van der Waals surface area contributed by atoms with Crippen molar-refractivity contribution < 1.29 is 14.3 Å². The molecule has 8 heteroatoms. The summed E-state index contributed by atoms with van der Waals surface area (Å²) >= 11 is 1.48. The quantitative estimate of drug-likeness (QED) is 0.396. The molecule has 0 unspecified atom stereocenters. The summed E-state index contributed by atoms with van der Waals surface area (Å²) in [5, 5.41) is 7.52. The molecule has 0 spiro atoms. The van der Waals surface area contributed by atoms with Crippen LogP contribution >= 0.6 is 11.3 Å². The summed E-state index contributed by atoms with van der Waals surface area (Å²) < 4.78 is 5.76. The number of carbonyl (C=O) groups is 2. The number of rotatable bonds is 6. The van der Waals surface area contributed by atoms with Crippen molar-refractivity contribution in [1.82, 2.24) is 10.4 Å². The summed E-state index contributed by atoms with van der Waals surface area (Å²) in [6.07, 6.45) is 1.40. The van der Waals surface area contributed by atoms with E-state index in [4.69, 9.17) is 4.74 Å². The van der Waals surface area contributed by atoms with Crippen LogP contribution in [0.2, 0.25) is 0 Å². The standard InChI is InChI=1S/C18H16N4O3S/c1-25-17(24)13-7-3-2-6-12(13)10-20-22-16(23)11-19-18-21-14-8-4-5-9-15(14)26-18/h2-10H,11H2,1H3,(H,19,21)(H,22,23)/b20-10-. The minimum absolute atomic E-state index is 0.0375. The molecule has 0 aliphatic rings. The molecule has 7 nitrogen and oxygen atoms in total. The van der Waals surface area contributed by atoms with Crippen molar-refractivity contribution in [3.05, 3.63) is 59.7 Å². The first-order chi connectivity index (χ1) is 12.7. The van der Waals surface area contributed by atoms with Crippen molar-refractivity contribution in [1.29, 1.82) is 0 Å². The van der Waals surface area contributed by atoms with Gasteiger partial charge in [-0.25, -0.2) is 15.2 Å². The van der Waals surface area contributed by atoms with Gasteiger partial charge in [0.2, 0.25) is 0 Å². The Kier molecular flexibility index (Phi) is 5.55. The van der Waals surface area contributed by atoms with E-state index in [2.05, 4.69) is 20.8 Å². The largest absolute Gasteiger partial charge is 0.465 e. The maximum Gasteiger partial charge on any atom is 0.338 e. The van der Waals surface area contributed by atoms with Crippen LogP contribution in [0.1, 0.15) is 15.9 Å². The lowest BCUT2D eigenvalue weighted by Crippen LogP contribution is -2.25. The number of nitrogens with one attached hydrogen (secondary N) is 2. The molecule has 0 aliphatic heterocycles. The fraction of sp³-hybridized carbons (Fsp3) is 0.111. The number of anilines is 1. The van der Waals surface area contributed by atoms with Crippen molar-refractivity contribution in [2.45, 2.75) is 0 Å². The number of benzene rings is 2. The number of hydrogen-bond acceptors (Lipinski definition) is 7. The molecule has 132 valence electrons. The third-order valence-electron chi connectivity index (χ3n) is 3.45. The van der Waals surface area contributed by atoms with Crippen LogP contribution in [0.15, 0.2) is 53.6 Å². The molecule has 3 rings (SSSR count). The van der Waals surface area contributed by atoms with Crippen LogP contribution in [0.25, 0.3) is 10.2 Å². The number of nitrogens with zero attached hydrogens (tertiary/aromatic N) is 2. The van der Waals surface area contributed by atoms with Crippen molar-refractivity contribution in [2.75, 3.05) is 19.0 Å². The average molecular weight is 368 g/mol. The van der Waals surface area contributed by atoms with Crippen LogP contribution in [0.3, 0.4) is 0 Å². The molecular weight excluding hydrogens is 352 g/mol. The second-order valence-electron chi connectivity index (χ2n) is 5.21. The first kappa shape index (κ1) is 17.6. The molecule has 0 saturated heterocycles. The number of carbonyl (C=O) groups excluding carboxylic acids is 2. The third kappa shape index (κ3) is 4.22. The van der Waals surface area contributed by atoms with Gasteiger partial charge in [-0.05, 0) is 18.2 Å². The number of para-hydroxylation sites is 1. The van der Waals surface area contributed by atoms with Crippen molar-refractivity contribution in [3.63, 3.8) is 0 Å². The smallest absolute Gasteiger partial charge is 0.338 e. The number of hydrazone groups is 1. The highest BCUT2D eigenvalue weighted by Gasteiger charge is 2.09. The molecule has 1 heterocycles. The molecule has 0 aliphatic carbocycles. The Bertz CT molecular complexity index is 935. The second kappa shape index (κ2) is 8.21. The molecule has 0 saturated carbocycles. The average Bonchev–Trinajstić information content (AvgIpc) is 3.09. The number of fused-ring (bicyclic) bond motifs is 1. The van der Waals surface area contributed by atoms with Gasteiger partial charge in [0, 0.05) is 5.56 Å². The van der Waals surface area contributed by atoms with Crippen LogP contribution < -0.4 is 10.7 Å². The zero-order valence-corrected chi connectivity index (χ0v) is 14.7. The molecule has 2 N–H and O–H groups in total. The zero-order chi connectivity index (χ0) is 18.4. The van der Waals surface area contributed by atoms with Gasteiger partial charge in [-0.15, -0.1) is 0 Å². The van der Waals surface area contributed by atoms with Gasteiger partial charge < -0.3 is 10.1 Å². The van der Waals surface area contributed by atoms with Crippen molar-refractivity contribution in [2.24, 2.45) is 5.10 Å². The number of amides is 1. The fourth-order valence-corrected chi connectivity index (χ4v) is 3.08. The van der Waals surface area contributed by atoms with E-state index in [-0.39, 0.29) is 12.5 Å². The Hall–Kier alpha value is -3.26. The third-order valence-corrected chi connectivity index (χ3v) is 4.45. The molecule has 0 atom stereocenters. The van der Waals surface area contributed by atoms with Crippen LogP contribution in [0.4, 0.5) is 5.13 Å². The van der Waals surface area contributed by atoms with Crippen molar-refractivity contribution >= 4 is 44.8 Å². The number of aromatic nitrogens is 1. The molecule has 3 aromatic rings. The minimum atomic E-state index is -0.462. The van der Waals surface area contributed by atoms with Gasteiger partial charge in [0.1, 0.15) is 0 Å². The predicted molar refractivity (Wildman–Crippen MR) is 102 cm³/mol. The Morgan fingerprint density at radius 2 is 1.96 bits per heavy atom. The number of ether oxygens (including phenoxy) is 1. The summed E-state index contributed by atoms with van der Waals surface area (Å²) in [4.78, 5) is 28.0. The van der Waals surface area contributed by atoms with Gasteiger partial charge in [0.05, 0.1) is 35.6 Å². The Morgan fingerprint density at radius 3 is 2.77 bits per heavy atom. The van der Waals surface area contributed by atoms with E-state index in [1.807, 2.05) is 24.3 Å². The van der Waals surface area contributed by atoms with Crippen LogP contribution in [-0.4, -0.2) is 36.7 Å². The minimum Gasteiger partial charge on any atom is -0.465 e. The lowest BCUT2D eigenvalue weighted by atomic mass is 10.1. The van der Waals surface area contributed by atoms with E-state index in [1.54, 1.807) is 24.3 Å². The highest BCUT2D eigenvalue weighted by Crippen LogP contribution is 2.24. The lowest BCUT2D eigenvalue weighted by molar-refractivity contribution is -0.119. The van der Waals surface area contributed by atoms with Gasteiger partial charge in [-0.1, -0.05) is 41.7 Å². The highest BCUT2D eigenvalue weighted by atomic mass is 32.1. The lowest BCUT2D eigenvalue weighted by Gasteiger charge is -2.03. The van der Waals surface area contributed by atoms with E-state index >= 15 is 0 Å². The number of esters is 1. The molecule has 26 heavy (non-hydrogen) atoms. The van der Waals surface area contributed by atoms with E-state index in [9.17, 15) is 9.59 Å². The summed E-state index contributed by atoms with van der Waals surface area (Å²) in [5.74, 6) is -0.785. The highest BCUT2D eigenvalue weighted by molar-refractivity contribution is 7.22. The van der Waals surface area contributed by atoms with Gasteiger partial charge in [0.25, 0.3) is 5.91 Å². The fourth-order valence-electron chi connectivity index (χ4n) is 2.22. The molecule has 2 aromatic carbocycles. The Labute approximate surface area is 153 Å². The van der Waals surface area contributed by atoms with Gasteiger partial charge in [-0.2, -0.15) is 5.10 Å². The van der Waals surface area contributed by atoms with E-state index in [0.717, 1.165) is 10.2 Å². The molecule has 0 radical (unpaired) electrons. The second-order valence-corrected chi connectivity index (χ2v) is 6.24. The normalized spacial score (nSPS) is 10.8. The molecular formula is C18H16N4O3S. The molecule has 0 bridgehead atoms. The van der Waals surface area contributed by atoms with Crippen LogP contribution in [0.5, 0.6) is 0 Å². The van der Waals surface area contributed by atoms with Crippen LogP contribution in [-0.2, 0) is 9.53 Å². The predicted octanol–water partition coefficient (Wildman–Crippen LogP) is 2.65. The first-order valence-corrected chi connectivity index (χ1v) is 8.57. The molecule has 0 fully saturated rings. The van der Waals surface area contributed by atoms with E-state index < -0.39 is 5.97 Å². The molecule has 1 aromatic heterocycles. The number of hydrogen-bond donors (Lipinski definition) is 2. The summed E-state index contributed by atoms with van der Waals surface area (Å²) in [5.41, 5.74) is 4.23. The van der Waals surface area contributed by atoms with Crippen LogP contribution in [0, 0.1) is 0 Å². The monoisotopic (exact) mass is 368 g/mol. The summed E-state index contributed by atoms with van der Waals surface area (Å²) in [7, 11) is 1.31. The summed E-state index contributed by atoms with van der Waals surface area (Å²) in [6, 6.07) is 14.6. The number of thiazole rings is 1. The Morgan fingerprint density at radius 1 is 1.19 bits per heavy atom. The van der Waals surface area contributed by atoms with E-state index in [0.29, 0.717) is 16.3 Å². The maximum absolute atomic E-state index is 11.9. The molecule has 1 amide bonds. The zero-order valence-electron chi connectivity index (χ0n) is 13.9. The summed E-state index contributed by atoms with van der Waals surface area (Å²) in [6.45, 7) is 0.0375. The van der Waals surface area contributed by atoms with Gasteiger partial charge in [0.15, 0.2) is 5.13 Å². The van der Waals surface area contributed by atoms with Gasteiger partial charge >= 0.3 is 5.97 Å². The van der Waals surface area contributed by atoms with Crippen molar-refractivity contribution in [3.8, 4) is 0 Å². The van der Waals surface area contributed by atoms with Gasteiger partial charge in [-0.3, -0.25) is 4.79 Å². The first-order valence-electron chi connectivity index (χ1n) is 7.76. The van der Waals surface area contributed by atoms with E-state index in [1.165, 1.54) is 24.7 Å². The maximum atomic E-state index is 11.9. The SMILES string of the molecule is COC(=O)c1ccccc1/C=N\NC(=O)CNc1nc2ccccc2s1.